The Morgan fingerprint density at radius 2 is 2.13 bits per heavy atom. The third kappa shape index (κ3) is 2.75. The van der Waals surface area contributed by atoms with Crippen molar-refractivity contribution in [3.8, 4) is 11.1 Å². The summed E-state index contributed by atoms with van der Waals surface area (Å²) in [4.78, 5) is 25.2. The van der Waals surface area contributed by atoms with Crippen molar-refractivity contribution in [2.45, 2.75) is 19.5 Å². The summed E-state index contributed by atoms with van der Waals surface area (Å²) in [5.41, 5.74) is 11.9. The molecule has 0 saturated heterocycles. The summed E-state index contributed by atoms with van der Waals surface area (Å²) in [6.07, 6.45) is 6.66. The molecule has 0 spiro atoms. The van der Waals surface area contributed by atoms with Gasteiger partial charge in [0.1, 0.15) is 17.8 Å². The van der Waals surface area contributed by atoms with E-state index in [2.05, 4.69) is 43.6 Å². The van der Waals surface area contributed by atoms with Crippen LogP contribution in [0.1, 0.15) is 12.6 Å². The van der Waals surface area contributed by atoms with Gasteiger partial charge in [0, 0.05) is 29.3 Å². The van der Waals surface area contributed by atoms with Crippen molar-refractivity contribution in [1.29, 1.82) is 0 Å². The Kier molecular flexibility index (Phi) is 4.10. The number of anilines is 1. The monoisotopic (exact) mass is 396 g/mol. The smallest absolute Gasteiger partial charge is 0.243 e. The van der Waals surface area contributed by atoms with Crippen molar-refractivity contribution in [2.75, 3.05) is 5.73 Å². The summed E-state index contributed by atoms with van der Waals surface area (Å²) in [5, 5.41) is 4.80. The number of nitrogens with one attached hydrogen (secondary N) is 1. The van der Waals surface area contributed by atoms with Gasteiger partial charge in [-0.05, 0) is 30.7 Å². The fraction of sp³-hybridized carbons (Fsp3) is 0.130. The molecular weight excluding hydrogens is 376 g/mol. The molecule has 1 amide bonds. The number of nitrogens with zero attached hydrogens (tertiary/aromatic N) is 4. The molecule has 1 aromatic carbocycles. The van der Waals surface area contributed by atoms with E-state index in [0.717, 1.165) is 44.3 Å². The highest BCUT2D eigenvalue weighted by atomic mass is 16.1. The third-order valence-electron chi connectivity index (χ3n) is 5.47. The van der Waals surface area contributed by atoms with Gasteiger partial charge in [0.25, 0.3) is 0 Å². The van der Waals surface area contributed by atoms with E-state index in [1.807, 2.05) is 37.4 Å². The quantitative estimate of drug-likeness (QED) is 0.518. The largest absolute Gasteiger partial charge is 0.383 e. The number of para-hydroxylation sites is 1. The maximum Gasteiger partial charge on any atom is 0.243 e. The van der Waals surface area contributed by atoms with Crippen LogP contribution in [-0.2, 0) is 11.3 Å². The Morgan fingerprint density at radius 1 is 1.30 bits per heavy atom. The number of fused-ring (bicyclic) bond motifs is 4. The van der Waals surface area contributed by atoms with E-state index in [-0.39, 0.29) is 11.9 Å². The Bertz CT molecular complexity index is 1370. The fourth-order valence-corrected chi connectivity index (χ4v) is 4.23. The van der Waals surface area contributed by atoms with Crippen LogP contribution in [0.4, 0.5) is 5.82 Å². The first-order valence-corrected chi connectivity index (χ1v) is 9.66. The van der Waals surface area contributed by atoms with E-state index in [4.69, 9.17) is 5.73 Å². The molecule has 1 atom stereocenters. The average molecular weight is 396 g/mol. The minimum atomic E-state index is -0.211. The second kappa shape index (κ2) is 6.81. The van der Waals surface area contributed by atoms with Gasteiger partial charge in [-0.1, -0.05) is 30.9 Å². The number of rotatable bonds is 3. The highest BCUT2D eigenvalue weighted by molar-refractivity contribution is 6.07. The maximum atomic E-state index is 11.8. The van der Waals surface area contributed by atoms with E-state index < -0.39 is 0 Å². The average Bonchev–Trinajstić information content (AvgIpc) is 3.09. The highest BCUT2D eigenvalue weighted by Crippen LogP contribution is 2.41. The van der Waals surface area contributed by atoms with Crippen LogP contribution < -0.4 is 11.1 Å². The molecule has 0 aliphatic carbocycles. The normalized spacial score (nSPS) is 15.6. The number of amides is 1. The molecule has 3 N–H and O–H groups in total. The minimum Gasteiger partial charge on any atom is -0.383 e. The molecule has 0 saturated carbocycles. The van der Waals surface area contributed by atoms with Crippen LogP contribution in [0.2, 0.25) is 0 Å². The fourth-order valence-electron chi connectivity index (χ4n) is 4.23. The lowest BCUT2D eigenvalue weighted by Crippen LogP contribution is -2.37. The lowest BCUT2D eigenvalue weighted by Gasteiger charge is -2.24. The SMILES string of the molecule is C=CC(=O)N[C@@H]1C=C(C)c2c(-c3cnc4ccccc4c3)c3c(N)ncnc3n2C1. The first-order chi connectivity index (χ1) is 14.6. The number of hydrogen-bond acceptors (Lipinski definition) is 5. The molecule has 30 heavy (non-hydrogen) atoms. The molecule has 3 aromatic heterocycles. The summed E-state index contributed by atoms with van der Waals surface area (Å²) in [7, 11) is 0. The topological polar surface area (TPSA) is 98.7 Å². The Hall–Kier alpha value is -4.00. The molecule has 7 nitrogen and oxygen atoms in total. The molecule has 0 radical (unpaired) electrons. The third-order valence-corrected chi connectivity index (χ3v) is 5.47. The summed E-state index contributed by atoms with van der Waals surface area (Å²) in [6, 6.07) is 9.94. The first-order valence-electron chi connectivity index (χ1n) is 9.66. The van der Waals surface area contributed by atoms with Crippen molar-refractivity contribution >= 4 is 39.2 Å². The summed E-state index contributed by atoms with van der Waals surface area (Å²) >= 11 is 0. The first kappa shape index (κ1) is 18.1. The number of carbonyl (C=O) groups is 1. The van der Waals surface area contributed by atoms with Crippen LogP contribution in [0.25, 0.3) is 38.6 Å². The number of pyridine rings is 1. The maximum absolute atomic E-state index is 11.8. The zero-order chi connectivity index (χ0) is 20.8. The van der Waals surface area contributed by atoms with Gasteiger partial charge in [-0.15, -0.1) is 0 Å². The van der Waals surface area contributed by atoms with Gasteiger partial charge in [0.2, 0.25) is 5.91 Å². The van der Waals surface area contributed by atoms with Crippen LogP contribution >= 0.6 is 0 Å². The van der Waals surface area contributed by atoms with Crippen LogP contribution in [0.15, 0.2) is 61.6 Å². The second-order valence-electron chi connectivity index (χ2n) is 7.38. The van der Waals surface area contributed by atoms with E-state index in [1.165, 1.54) is 12.4 Å². The molecule has 5 rings (SSSR count). The van der Waals surface area contributed by atoms with Crippen molar-refractivity contribution in [3.05, 3.63) is 67.3 Å². The summed E-state index contributed by atoms with van der Waals surface area (Å²) in [6.45, 7) is 6.10. The predicted octanol–water partition coefficient (Wildman–Crippen LogP) is 3.32. The second-order valence-corrected chi connectivity index (χ2v) is 7.38. The number of benzene rings is 1. The van der Waals surface area contributed by atoms with Crippen LogP contribution in [0.5, 0.6) is 0 Å². The Morgan fingerprint density at radius 3 is 2.97 bits per heavy atom. The number of hydrogen-bond donors (Lipinski definition) is 2. The van der Waals surface area contributed by atoms with Gasteiger partial charge < -0.3 is 15.6 Å². The molecule has 1 aliphatic heterocycles. The predicted molar refractivity (Wildman–Crippen MR) is 118 cm³/mol. The van der Waals surface area contributed by atoms with Crippen LogP contribution in [0, 0.1) is 0 Å². The standard InChI is InChI=1S/C23H20N6O/c1-3-18(30)28-16-8-13(2)21-19(15-9-14-6-4-5-7-17(14)25-10-15)20-22(24)26-12-27-23(20)29(21)11-16/h3-10,12,16H,1,11H2,2H3,(H,28,30)(H2,24,26,27)/t16-/m1/s1. The lowest BCUT2D eigenvalue weighted by molar-refractivity contribution is -0.116. The number of nitrogen functional groups attached to an aromatic ring is 1. The van der Waals surface area contributed by atoms with Crippen molar-refractivity contribution in [3.63, 3.8) is 0 Å². The van der Waals surface area contributed by atoms with Crippen molar-refractivity contribution < 1.29 is 4.79 Å². The van der Waals surface area contributed by atoms with E-state index in [0.29, 0.717) is 12.4 Å². The zero-order valence-electron chi connectivity index (χ0n) is 16.5. The van der Waals surface area contributed by atoms with Gasteiger partial charge in [0.05, 0.1) is 22.6 Å². The van der Waals surface area contributed by atoms with Gasteiger partial charge in [-0.3, -0.25) is 9.78 Å². The van der Waals surface area contributed by atoms with Gasteiger partial charge in [0.15, 0.2) is 0 Å². The molecule has 1 aliphatic rings. The zero-order valence-corrected chi connectivity index (χ0v) is 16.5. The van der Waals surface area contributed by atoms with Gasteiger partial charge >= 0.3 is 0 Å². The molecule has 4 aromatic rings. The van der Waals surface area contributed by atoms with Crippen molar-refractivity contribution in [2.24, 2.45) is 0 Å². The molecule has 0 fully saturated rings. The number of allylic oxidation sites excluding steroid dienone is 1. The van der Waals surface area contributed by atoms with Gasteiger partial charge in [-0.25, -0.2) is 9.97 Å². The molecule has 4 heterocycles. The Balaban J connectivity index is 1.77. The summed E-state index contributed by atoms with van der Waals surface area (Å²) in [5.74, 6) is 0.210. The minimum absolute atomic E-state index is 0.169. The summed E-state index contributed by atoms with van der Waals surface area (Å²) < 4.78 is 2.10. The highest BCUT2D eigenvalue weighted by Gasteiger charge is 2.28. The van der Waals surface area contributed by atoms with Crippen molar-refractivity contribution in [1.82, 2.24) is 24.8 Å². The molecule has 0 unspecified atom stereocenters. The van der Waals surface area contributed by atoms with Gasteiger partial charge in [-0.2, -0.15) is 0 Å². The van der Waals surface area contributed by atoms with E-state index >= 15 is 0 Å². The molecule has 0 bridgehead atoms. The van der Waals surface area contributed by atoms with E-state index in [9.17, 15) is 4.79 Å². The number of aromatic nitrogens is 4. The Labute approximate surface area is 173 Å². The molecular formula is C23H20N6O. The molecule has 148 valence electrons. The van der Waals surface area contributed by atoms with Crippen LogP contribution in [-0.4, -0.2) is 31.5 Å². The van der Waals surface area contributed by atoms with E-state index in [1.54, 1.807) is 0 Å². The number of nitrogens with two attached hydrogens (primary N) is 1. The van der Waals surface area contributed by atoms with Crippen LogP contribution in [0.3, 0.4) is 0 Å². The molecule has 7 heteroatoms. The lowest BCUT2D eigenvalue weighted by atomic mass is 9.97. The number of carbonyl (C=O) groups excluding carboxylic acids is 1.